The van der Waals surface area contributed by atoms with Crippen LogP contribution in [0, 0.1) is 0 Å². The molecule has 4 atom stereocenters. The fraction of sp³-hybridized carbons (Fsp3) is 0.385. The maximum atomic E-state index is 15.7. The van der Waals surface area contributed by atoms with Crippen LogP contribution in [0.3, 0.4) is 0 Å². The van der Waals surface area contributed by atoms with E-state index in [0.29, 0.717) is 0 Å². The lowest BCUT2D eigenvalue weighted by molar-refractivity contribution is -0.304. The average molecular weight is 658 g/mol. The molecule has 0 N–H and O–H groups in total. The van der Waals surface area contributed by atoms with Gasteiger partial charge in [0.15, 0.2) is 0 Å². The molecular formula is C26H16F14O2S. The van der Waals surface area contributed by atoms with Gasteiger partial charge >= 0.3 is 33.7 Å². The number of alkyl halides is 12. The second-order valence-corrected chi connectivity index (χ2v) is 12.2. The lowest BCUT2D eigenvalue weighted by Crippen LogP contribution is -2.76. The highest BCUT2D eigenvalue weighted by Crippen LogP contribution is 2.67. The smallest absolute Gasteiger partial charge is 0.229 e. The minimum absolute atomic E-state index is 0.652. The van der Waals surface area contributed by atoms with Gasteiger partial charge in [0.25, 0.3) is 0 Å². The van der Waals surface area contributed by atoms with Gasteiger partial charge in [-0.05, 0) is 11.1 Å². The molecule has 4 rings (SSSR count). The monoisotopic (exact) mass is 658 g/mol. The largest absolute Gasteiger partial charge is 0.365 e. The molecule has 2 aliphatic carbocycles. The first kappa shape index (κ1) is 32.8. The van der Waals surface area contributed by atoms with E-state index >= 15 is 35.1 Å². The fourth-order valence-corrected chi connectivity index (χ4v) is 6.70. The number of benzene rings is 2. The molecule has 2 aliphatic rings. The molecule has 4 unspecified atom stereocenters. The van der Waals surface area contributed by atoms with Gasteiger partial charge in [0.1, 0.15) is 11.7 Å². The van der Waals surface area contributed by atoms with Crippen LogP contribution in [0.5, 0.6) is 0 Å². The molecule has 236 valence electrons. The van der Waals surface area contributed by atoms with Crippen molar-refractivity contribution < 1.29 is 69.9 Å². The Morgan fingerprint density at radius 2 is 0.744 bits per heavy atom. The molecule has 2 nitrogen and oxygen atoms in total. The van der Waals surface area contributed by atoms with Gasteiger partial charge in [-0.25, -0.2) is 34.8 Å². The lowest BCUT2D eigenvalue weighted by atomic mass is 9.79. The number of hydrogen-bond donors (Lipinski definition) is 0. The zero-order valence-electron chi connectivity index (χ0n) is 20.9. The Bertz CT molecular complexity index is 1470. The van der Waals surface area contributed by atoms with Crippen molar-refractivity contribution in [3.05, 3.63) is 95.6 Å². The van der Waals surface area contributed by atoms with Crippen molar-refractivity contribution in [1.29, 1.82) is 0 Å². The van der Waals surface area contributed by atoms with Gasteiger partial charge in [-0.2, -0.15) is 35.1 Å². The Morgan fingerprint density at radius 1 is 0.465 bits per heavy atom. The van der Waals surface area contributed by atoms with Gasteiger partial charge in [0, 0.05) is 25.0 Å². The first-order valence-electron chi connectivity index (χ1n) is 11.8. The quantitative estimate of drug-likeness (QED) is 0.296. The second kappa shape index (κ2) is 9.44. The maximum Gasteiger partial charge on any atom is 0.365 e. The number of rotatable bonds is 6. The van der Waals surface area contributed by atoms with Gasteiger partial charge in [-0.3, -0.25) is 0 Å². The van der Waals surface area contributed by atoms with Crippen LogP contribution < -0.4 is 0 Å². The average Bonchev–Trinajstić information content (AvgIpc) is 2.91. The van der Waals surface area contributed by atoms with Crippen LogP contribution in [0.15, 0.2) is 84.5 Å². The molecule has 0 fully saturated rings. The zero-order valence-corrected chi connectivity index (χ0v) is 21.7. The Kier molecular flexibility index (Phi) is 7.20. The Morgan fingerprint density at radius 3 is 1.02 bits per heavy atom. The third kappa shape index (κ3) is 3.87. The van der Waals surface area contributed by atoms with Crippen LogP contribution >= 0.6 is 0 Å². The molecule has 17 heteroatoms. The van der Waals surface area contributed by atoms with E-state index in [1.807, 2.05) is 0 Å². The van der Waals surface area contributed by atoms with E-state index in [4.69, 9.17) is 0 Å². The molecular weight excluding hydrogens is 642 g/mol. The Labute approximate surface area is 233 Å². The van der Waals surface area contributed by atoms with Crippen molar-refractivity contribution in [2.75, 3.05) is 0 Å². The summed E-state index contributed by atoms with van der Waals surface area (Å²) in [6.45, 7) is 0. The molecule has 0 aliphatic heterocycles. The first-order chi connectivity index (χ1) is 19.4. The summed E-state index contributed by atoms with van der Waals surface area (Å²) >= 11 is 0. The first-order valence-corrected chi connectivity index (χ1v) is 13.3. The second-order valence-electron chi connectivity index (χ2n) is 10.0. The predicted octanol–water partition coefficient (Wildman–Crippen LogP) is 7.91. The van der Waals surface area contributed by atoms with Crippen LogP contribution in [0.4, 0.5) is 61.5 Å². The fourth-order valence-electron chi connectivity index (χ4n) is 4.82. The molecule has 0 saturated heterocycles. The summed E-state index contributed by atoms with van der Waals surface area (Å²) in [5, 5.41) is -13.5. The number of halogens is 14. The van der Waals surface area contributed by atoms with Gasteiger partial charge < -0.3 is 0 Å². The summed E-state index contributed by atoms with van der Waals surface area (Å²) in [7, 11) is -8.41. The third-order valence-electron chi connectivity index (χ3n) is 7.39. The van der Waals surface area contributed by atoms with E-state index in [1.54, 1.807) is 0 Å². The number of hydrogen-bond acceptors (Lipinski definition) is 2. The minimum Gasteiger partial charge on any atom is -0.229 e. The van der Waals surface area contributed by atoms with Crippen molar-refractivity contribution >= 4 is 9.84 Å². The molecule has 0 bridgehead atoms. The van der Waals surface area contributed by atoms with Crippen LogP contribution in [0.2, 0.25) is 0 Å². The normalized spacial score (nSPS) is 34.7. The van der Waals surface area contributed by atoms with Crippen LogP contribution in [-0.2, 0) is 22.7 Å². The molecule has 43 heavy (non-hydrogen) atoms. The third-order valence-corrected chi connectivity index (χ3v) is 9.70. The Balaban J connectivity index is 1.94. The van der Waals surface area contributed by atoms with Crippen molar-refractivity contribution in [2.45, 2.75) is 57.9 Å². The van der Waals surface area contributed by atoms with Gasteiger partial charge in [-0.15, -0.1) is 0 Å². The number of allylic oxidation sites excluding steroid dienone is 2. The highest BCUT2D eigenvalue weighted by Gasteiger charge is 2.92. The lowest BCUT2D eigenvalue weighted by Gasteiger charge is -2.49. The summed E-state index contributed by atoms with van der Waals surface area (Å²) in [4.78, 5) is 0. The maximum absolute atomic E-state index is 15.7. The standard InChI is InChI=1S/C26H16F14O2S/c27-17-13-21(31,25(37,38)23(33,34)19(17,29)11-15-7-3-1-4-8-15)43(41,42)22(32)14-18(28)20(30,24(35,36)26(22,39)40)12-16-9-5-2-6-10-16/h1-10,13-14H,11-12H2. The van der Waals surface area contributed by atoms with E-state index in [-0.39, 0.29) is 0 Å². The Hall–Kier alpha value is -3.11. The van der Waals surface area contributed by atoms with Gasteiger partial charge in [0.2, 0.25) is 21.2 Å². The van der Waals surface area contributed by atoms with Crippen molar-refractivity contribution in [3.8, 4) is 0 Å². The van der Waals surface area contributed by atoms with Crippen LogP contribution in [0.1, 0.15) is 11.1 Å². The SMILES string of the molecule is O=S(=O)(C1(F)C=C(F)C(F)(Cc2ccccc2)C(F)(F)C1(F)F)C1(F)C=C(F)C(F)(Cc2ccccc2)C(F)(F)C1(F)F. The predicted molar refractivity (Wildman–Crippen MR) is 123 cm³/mol. The molecule has 2 aromatic carbocycles. The van der Waals surface area contributed by atoms with Crippen molar-refractivity contribution in [3.63, 3.8) is 0 Å². The van der Waals surface area contributed by atoms with Crippen LogP contribution in [-0.4, -0.2) is 53.4 Å². The molecule has 2 aromatic rings. The van der Waals surface area contributed by atoms with E-state index in [9.17, 15) is 34.8 Å². The summed E-state index contributed by atoms with van der Waals surface area (Å²) in [6.07, 6.45) is -7.71. The highest BCUT2D eigenvalue weighted by molar-refractivity contribution is 7.94. The van der Waals surface area contributed by atoms with Gasteiger partial charge in [0.05, 0.1) is 0 Å². The topological polar surface area (TPSA) is 34.1 Å². The highest BCUT2D eigenvalue weighted by atomic mass is 32.2. The minimum atomic E-state index is -8.41. The molecule has 0 radical (unpaired) electrons. The van der Waals surface area contributed by atoms with E-state index in [2.05, 4.69) is 0 Å². The summed E-state index contributed by atoms with van der Waals surface area (Å²) < 4.78 is 237. The summed E-state index contributed by atoms with van der Waals surface area (Å²) in [5.74, 6) is -34.9. The van der Waals surface area contributed by atoms with Crippen LogP contribution in [0.25, 0.3) is 0 Å². The molecule has 0 heterocycles. The van der Waals surface area contributed by atoms with E-state index in [1.165, 1.54) is 12.1 Å². The molecule has 0 aromatic heterocycles. The summed E-state index contributed by atoms with van der Waals surface area (Å²) in [5.41, 5.74) is -11.9. The van der Waals surface area contributed by atoms with E-state index in [0.717, 1.165) is 48.5 Å². The number of sulfone groups is 1. The van der Waals surface area contributed by atoms with E-state index < -0.39 is 103 Å². The van der Waals surface area contributed by atoms with Crippen molar-refractivity contribution in [2.24, 2.45) is 0 Å². The summed E-state index contributed by atoms with van der Waals surface area (Å²) in [6, 6.07) is 9.75. The van der Waals surface area contributed by atoms with Crippen molar-refractivity contribution in [1.82, 2.24) is 0 Å². The zero-order chi connectivity index (χ0) is 32.7. The molecule has 0 saturated carbocycles. The molecule has 0 spiro atoms. The van der Waals surface area contributed by atoms with Gasteiger partial charge in [-0.1, -0.05) is 60.7 Å². The molecule has 0 amide bonds.